The number of H-pyrrole nitrogens is 1. The second kappa shape index (κ2) is 13.5. The molecule has 226 valence electrons. The highest BCUT2D eigenvalue weighted by atomic mass is 19.4. The molecule has 3 aromatic rings. The van der Waals surface area contributed by atoms with Gasteiger partial charge in [-0.1, -0.05) is 18.9 Å². The molecule has 0 spiro atoms. The molecule has 43 heavy (non-hydrogen) atoms. The summed E-state index contributed by atoms with van der Waals surface area (Å²) >= 11 is 0. The molecule has 0 atom stereocenters. The number of hydrogen-bond donors (Lipinski definition) is 4. The summed E-state index contributed by atoms with van der Waals surface area (Å²) in [6.07, 6.45) is 3.93. The lowest BCUT2D eigenvalue weighted by atomic mass is 10.0. The van der Waals surface area contributed by atoms with Crippen LogP contribution in [-0.4, -0.2) is 40.8 Å². The Morgan fingerprint density at radius 1 is 1.00 bits per heavy atom. The van der Waals surface area contributed by atoms with E-state index in [0.29, 0.717) is 58.0 Å². The van der Waals surface area contributed by atoms with Crippen LogP contribution in [-0.2, 0) is 15.8 Å². The van der Waals surface area contributed by atoms with Crippen LogP contribution >= 0.6 is 0 Å². The first-order chi connectivity index (χ1) is 20.4. The van der Waals surface area contributed by atoms with Gasteiger partial charge in [0.15, 0.2) is 0 Å². The highest BCUT2D eigenvalue weighted by Crippen LogP contribution is 2.34. The van der Waals surface area contributed by atoms with Gasteiger partial charge in [-0.25, -0.2) is 4.39 Å². The van der Waals surface area contributed by atoms with Gasteiger partial charge in [0.1, 0.15) is 11.5 Å². The van der Waals surface area contributed by atoms with Crippen LogP contribution < -0.4 is 16.0 Å². The van der Waals surface area contributed by atoms with Gasteiger partial charge >= 0.3 is 6.18 Å². The highest BCUT2D eigenvalue weighted by molar-refractivity contribution is 6.34. The zero-order valence-electron chi connectivity index (χ0n) is 23.6. The Morgan fingerprint density at radius 2 is 1.72 bits per heavy atom. The minimum Gasteiger partial charge on any atom is -0.358 e. The number of aromatic amines is 1. The van der Waals surface area contributed by atoms with Crippen molar-refractivity contribution in [1.29, 1.82) is 0 Å². The number of amides is 3. The molecule has 4 N–H and O–H groups in total. The zero-order valence-corrected chi connectivity index (χ0v) is 23.6. The number of unbranched alkanes of at least 4 members (excludes halogenated alkanes) is 3. The molecule has 1 aliphatic heterocycles. The Balaban J connectivity index is 1.17. The number of carbonyl (C=O) groups excluding carboxylic acids is 3. The second-order valence-electron chi connectivity index (χ2n) is 10.1. The Kier molecular flexibility index (Phi) is 9.79. The molecule has 0 fully saturated rings. The molecule has 0 bridgehead atoms. The lowest BCUT2D eigenvalue weighted by Gasteiger charge is -2.07. The van der Waals surface area contributed by atoms with Gasteiger partial charge in [0.25, 0.3) is 11.8 Å². The molecule has 3 heterocycles. The van der Waals surface area contributed by atoms with E-state index in [2.05, 4.69) is 25.9 Å². The Bertz CT molecular complexity index is 1570. The monoisotopic (exact) mass is 597 g/mol. The van der Waals surface area contributed by atoms with Gasteiger partial charge < -0.3 is 20.9 Å². The van der Waals surface area contributed by atoms with E-state index in [1.807, 2.05) is 0 Å². The van der Waals surface area contributed by atoms with Crippen molar-refractivity contribution in [2.45, 2.75) is 45.7 Å². The summed E-state index contributed by atoms with van der Waals surface area (Å²) in [6, 6.07) is 6.19. The van der Waals surface area contributed by atoms with Gasteiger partial charge in [-0.3, -0.25) is 19.4 Å². The Morgan fingerprint density at radius 3 is 2.40 bits per heavy atom. The minimum atomic E-state index is -4.51. The summed E-state index contributed by atoms with van der Waals surface area (Å²) < 4.78 is 51.5. The maximum Gasteiger partial charge on any atom is 0.433 e. The van der Waals surface area contributed by atoms with Crippen LogP contribution in [0.1, 0.15) is 69.8 Å². The van der Waals surface area contributed by atoms with Gasteiger partial charge in [-0.15, -0.1) is 0 Å². The number of benzene rings is 1. The molecular formula is C31H31F4N5O3. The molecule has 0 radical (unpaired) electrons. The third-order valence-corrected chi connectivity index (χ3v) is 6.95. The molecule has 8 nitrogen and oxygen atoms in total. The molecule has 12 heteroatoms. The van der Waals surface area contributed by atoms with Crippen molar-refractivity contribution in [2.24, 2.45) is 0 Å². The van der Waals surface area contributed by atoms with E-state index >= 15 is 0 Å². The first-order valence-corrected chi connectivity index (χ1v) is 13.7. The Hall–Kier alpha value is -4.74. The van der Waals surface area contributed by atoms with Crippen molar-refractivity contribution in [2.75, 3.05) is 18.4 Å². The minimum absolute atomic E-state index is 0.236. The fourth-order valence-corrected chi connectivity index (χ4v) is 4.71. The topological polar surface area (TPSA) is 116 Å². The molecular weight excluding hydrogens is 566 g/mol. The quantitative estimate of drug-likeness (QED) is 0.127. The number of aryl methyl sites for hydroxylation is 1. The van der Waals surface area contributed by atoms with Crippen LogP contribution in [0.5, 0.6) is 0 Å². The van der Waals surface area contributed by atoms with Gasteiger partial charge in [0.2, 0.25) is 5.91 Å². The molecule has 1 aliphatic rings. The molecule has 0 aliphatic carbocycles. The van der Waals surface area contributed by atoms with Crippen molar-refractivity contribution in [3.8, 4) is 0 Å². The average Bonchev–Trinajstić information content (AvgIpc) is 3.42. The normalized spacial score (nSPS) is 13.8. The fourth-order valence-electron chi connectivity index (χ4n) is 4.71. The van der Waals surface area contributed by atoms with Crippen molar-refractivity contribution in [3.05, 3.63) is 87.8 Å². The van der Waals surface area contributed by atoms with Gasteiger partial charge in [0.05, 0.1) is 11.1 Å². The maximum atomic E-state index is 13.8. The Labute approximate surface area is 245 Å². The maximum absolute atomic E-state index is 13.8. The summed E-state index contributed by atoms with van der Waals surface area (Å²) in [4.78, 5) is 43.8. The molecule has 0 saturated carbocycles. The third-order valence-electron chi connectivity index (χ3n) is 6.95. The number of hydrogen-bond acceptors (Lipinski definition) is 4. The largest absolute Gasteiger partial charge is 0.433 e. The van der Waals surface area contributed by atoms with E-state index in [4.69, 9.17) is 0 Å². The lowest BCUT2D eigenvalue weighted by molar-refractivity contribution is -0.141. The van der Waals surface area contributed by atoms with E-state index in [1.165, 1.54) is 36.4 Å². The van der Waals surface area contributed by atoms with Crippen LogP contribution in [0.3, 0.4) is 0 Å². The standard InChI is InChI=1S/C31H31F4N5O3/c1-18-25(16-23-22-15-21(32)9-10-24(22)40-29(23)42)39-19(2)28(18)30(43)37-14-6-4-3-5-13-36-27(41)12-8-20-7-11-26(38-17-20)31(33,34)35/h7-12,15-17,39H,3-6,13-14H2,1-2H3,(H,36,41)(H,37,43)(H,40,42)/b12-8+,23-16?. The van der Waals surface area contributed by atoms with E-state index in [0.717, 1.165) is 37.9 Å². The summed E-state index contributed by atoms with van der Waals surface area (Å²) in [5.41, 5.74) is 3.12. The number of fused-ring (bicyclic) bond motifs is 1. The van der Waals surface area contributed by atoms with Crippen molar-refractivity contribution in [1.82, 2.24) is 20.6 Å². The SMILES string of the molecule is Cc1[nH]c(C=C2C(=O)Nc3ccc(F)cc32)c(C)c1C(=O)NCCCCCCNC(=O)/C=C/c1ccc(C(F)(F)F)nc1. The molecule has 1 aromatic carbocycles. The number of halogens is 4. The van der Waals surface area contributed by atoms with E-state index in [1.54, 1.807) is 19.9 Å². The average molecular weight is 598 g/mol. The van der Waals surface area contributed by atoms with Crippen LogP contribution in [0, 0.1) is 19.7 Å². The number of rotatable bonds is 11. The summed E-state index contributed by atoms with van der Waals surface area (Å²) in [6.45, 7) is 4.46. The summed E-state index contributed by atoms with van der Waals surface area (Å²) in [5.74, 6) is -1.38. The van der Waals surface area contributed by atoms with E-state index in [9.17, 15) is 31.9 Å². The van der Waals surface area contributed by atoms with Gasteiger partial charge in [-0.05, 0) is 74.2 Å². The van der Waals surface area contributed by atoms with Crippen molar-refractivity contribution in [3.63, 3.8) is 0 Å². The smallest absolute Gasteiger partial charge is 0.358 e. The van der Waals surface area contributed by atoms with E-state index < -0.39 is 17.7 Å². The van der Waals surface area contributed by atoms with Crippen LogP contribution in [0.4, 0.5) is 23.2 Å². The lowest BCUT2D eigenvalue weighted by Crippen LogP contribution is -2.25. The number of nitrogens with zero attached hydrogens (tertiary/aromatic N) is 1. The fraction of sp³-hybridized carbons (Fsp3) is 0.290. The molecule has 4 rings (SSSR count). The highest BCUT2D eigenvalue weighted by Gasteiger charge is 2.32. The summed E-state index contributed by atoms with van der Waals surface area (Å²) in [7, 11) is 0. The second-order valence-corrected chi connectivity index (χ2v) is 10.1. The number of pyridine rings is 1. The first kappa shape index (κ1) is 31.2. The van der Waals surface area contributed by atoms with Crippen LogP contribution in [0.15, 0.2) is 42.6 Å². The third kappa shape index (κ3) is 7.97. The van der Waals surface area contributed by atoms with Crippen molar-refractivity contribution >= 4 is 41.1 Å². The van der Waals surface area contributed by atoms with Crippen molar-refractivity contribution < 1.29 is 31.9 Å². The number of aromatic nitrogens is 2. The number of nitrogens with one attached hydrogen (secondary N) is 4. The van der Waals surface area contributed by atoms with Gasteiger partial charge in [-0.2, -0.15) is 13.2 Å². The zero-order chi connectivity index (χ0) is 31.1. The van der Waals surface area contributed by atoms with Crippen LogP contribution in [0.25, 0.3) is 17.7 Å². The molecule has 3 amide bonds. The van der Waals surface area contributed by atoms with Crippen LogP contribution in [0.2, 0.25) is 0 Å². The van der Waals surface area contributed by atoms with E-state index in [-0.39, 0.29) is 17.7 Å². The first-order valence-electron chi connectivity index (χ1n) is 13.7. The molecule has 0 unspecified atom stereocenters. The molecule has 2 aromatic heterocycles. The number of alkyl halides is 3. The molecule has 0 saturated heterocycles. The number of carbonyl (C=O) groups is 3. The van der Waals surface area contributed by atoms with Gasteiger partial charge in [0, 0.05) is 48.0 Å². The summed E-state index contributed by atoms with van der Waals surface area (Å²) in [5, 5.41) is 8.35. The number of anilines is 1. The predicted molar refractivity (Wildman–Crippen MR) is 155 cm³/mol. The predicted octanol–water partition coefficient (Wildman–Crippen LogP) is 5.80.